The highest BCUT2D eigenvalue weighted by atomic mass is 32.2. The molecule has 0 amide bonds. The second-order valence-electron chi connectivity index (χ2n) is 6.06. The zero-order valence-corrected chi connectivity index (χ0v) is 15.1. The van der Waals surface area contributed by atoms with Crippen LogP contribution in [0.1, 0.15) is 31.7 Å². The van der Waals surface area contributed by atoms with Crippen molar-refractivity contribution in [2.45, 2.75) is 42.7 Å². The van der Waals surface area contributed by atoms with Gasteiger partial charge in [-0.2, -0.15) is 0 Å². The topological polar surface area (TPSA) is 95.3 Å². The maximum absolute atomic E-state index is 12.7. The fourth-order valence-electron chi connectivity index (χ4n) is 3.21. The first kappa shape index (κ1) is 17.7. The van der Waals surface area contributed by atoms with Gasteiger partial charge in [0.25, 0.3) is 0 Å². The van der Waals surface area contributed by atoms with Gasteiger partial charge in [-0.15, -0.1) is 10.2 Å². The second-order valence-corrected chi connectivity index (χ2v) is 7.78. The van der Waals surface area contributed by atoms with E-state index in [1.165, 1.54) is 26.4 Å². The van der Waals surface area contributed by atoms with Crippen LogP contribution in [-0.2, 0) is 10.0 Å². The van der Waals surface area contributed by atoms with Crippen LogP contribution in [0.15, 0.2) is 35.7 Å². The van der Waals surface area contributed by atoms with Crippen molar-refractivity contribution in [2.75, 3.05) is 14.2 Å². The highest BCUT2D eigenvalue weighted by Crippen LogP contribution is 2.31. The monoisotopic (exact) mass is 366 g/mol. The molecule has 1 fully saturated rings. The van der Waals surface area contributed by atoms with Gasteiger partial charge in [0.15, 0.2) is 11.5 Å². The molecular formula is C16H22N4O4S. The molecule has 136 valence electrons. The molecule has 1 N–H and O–H groups in total. The fraction of sp³-hybridized carbons (Fsp3) is 0.500. The average molecular weight is 366 g/mol. The highest BCUT2D eigenvalue weighted by Gasteiger charge is 2.28. The molecular weight excluding hydrogens is 344 g/mol. The summed E-state index contributed by atoms with van der Waals surface area (Å²) < 4.78 is 40.5. The molecule has 3 rings (SSSR count). The maximum Gasteiger partial charge on any atom is 0.240 e. The third-order valence-electron chi connectivity index (χ3n) is 4.49. The van der Waals surface area contributed by atoms with Gasteiger partial charge >= 0.3 is 0 Å². The Labute approximate surface area is 147 Å². The Morgan fingerprint density at radius 3 is 2.52 bits per heavy atom. The van der Waals surface area contributed by atoms with Gasteiger partial charge in [-0.05, 0) is 37.8 Å². The summed E-state index contributed by atoms with van der Waals surface area (Å²) in [4.78, 5) is 0.163. The smallest absolute Gasteiger partial charge is 0.240 e. The van der Waals surface area contributed by atoms with Crippen LogP contribution in [-0.4, -0.2) is 43.4 Å². The largest absolute Gasteiger partial charge is 0.493 e. The first-order valence-corrected chi connectivity index (χ1v) is 9.60. The number of hydrogen-bond donors (Lipinski definition) is 1. The SMILES string of the molecule is COc1ccc(S(=O)(=O)N[C@H]2CCC[C@@H](n3cnnc3)C2)cc1OC. The minimum absolute atomic E-state index is 0.126. The van der Waals surface area contributed by atoms with E-state index in [4.69, 9.17) is 9.47 Å². The van der Waals surface area contributed by atoms with E-state index in [1.807, 2.05) is 4.57 Å². The van der Waals surface area contributed by atoms with Gasteiger partial charge in [0.05, 0.1) is 19.1 Å². The summed E-state index contributed by atoms with van der Waals surface area (Å²) in [6.07, 6.45) is 6.82. The number of nitrogens with one attached hydrogen (secondary N) is 1. The molecule has 2 aromatic rings. The van der Waals surface area contributed by atoms with E-state index in [1.54, 1.807) is 18.7 Å². The highest BCUT2D eigenvalue weighted by molar-refractivity contribution is 7.89. The van der Waals surface area contributed by atoms with E-state index in [2.05, 4.69) is 14.9 Å². The van der Waals surface area contributed by atoms with Gasteiger partial charge < -0.3 is 14.0 Å². The van der Waals surface area contributed by atoms with E-state index in [0.29, 0.717) is 17.9 Å². The molecule has 1 aromatic carbocycles. The Morgan fingerprint density at radius 2 is 1.84 bits per heavy atom. The summed E-state index contributed by atoms with van der Waals surface area (Å²) in [7, 11) is -0.646. The van der Waals surface area contributed by atoms with E-state index in [9.17, 15) is 8.42 Å². The summed E-state index contributed by atoms with van der Waals surface area (Å²) in [6, 6.07) is 4.67. The van der Waals surface area contributed by atoms with E-state index in [-0.39, 0.29) is 17.0 Å². The molecule has 9 heteroatoms. The maximum atomic E-state index is 12.7. The first-order chi connectivity index (χ1) is 12.0. The lowest BCUT2D eigenvalue weighted by molar-refractivity contribution is 0.305. The number of benzene rings is 1. The van der Waals surface area contributed by atoms with Crippen LogP contribution in [0.3, 0.4) is 0 Å². The number of sulfonamides is 1. The molecule has 1 heterocycles. The van der Waals surface area contributed by atoms with Crippen molar-refractivity contribution in [1.29, 1.82) is 0 Å². The van der Waals surface area contributed by atoms with Crippen LogP contribution in [0.2, 0.25) is 0 Å². The minimum Gasteiger partial charge on any atom is -0.493 e. The fourth-order valence-corrected chi connectivity index (χ4v) is 4.51. The van der Waals surface area contributed by atoms with Gasteiger partial charge in [0.2, 0.25) is 10.0 Å². The number of hydrogen-bond acceptors (Lipinski definition) is 6. The number of rotatable bonds is 6. The van der Waals surface area contributed by atoms with Crippen molar-refractivity contribution in [3.05, 3.63) is 30.9 Å². The van der Waals surface area contributed by atoms with Crippen molar-refractivity contribution in [3.8, 4) is 11.5 Å². The molecule has 0 unspecified atom stereocenters. The molecule has 0 saturated heterocycles. The average Bonchev–Trinajstić information content (AvgIpc) is 3.15. The van der Waals surface area contributed by atoms with E-state index >= 15 is 0 Å². The molecule has 1 aliphatic carbocycles. The van der Waals surface area contributed by atoms with Crippen LogP contribution in [0.5, 0.6) is 11.5 Å². The standard InChI is InChI=1S/C16H22N4O4S/c1-23-15-7-6-14(9-16(15)24-2)25(21,22)19-12-4-3-5-13(8-12)20-10-17-18-11-20/h6-7,9-13,19H,3-5,8H2,1-2H3/t12-,13+/m0/s1. The quantitative estimate of drug-likeness (QED) is 0.837. The van der Waals surface area contributed by atoms with Crippen LogP contribution < -0.4 is 14.2 Å². The molecule has 1 aliphatic rings. The van der Waals surface area contributed by atoms with Crippen LogP contribution in [0.25, 0.3) is 0 Å². The minimum atomic E-state index is -3.64. The van der Waals surface area contributed by atoms with E-state index in [0.717, 1.165) is 19.3 Å². The van der Waals surface area contributed by atoms with Crippen LogP contribution in [0, 0.1) is 0 Å². The Kier molecular flexibility index (Phi) is 5.24. The Bertz CT molecular complexity index is 808. The van der Waals surface area contributed by atoms with Gasteiger partial charge in [0, 0.05) is 18.2 Å². The molecule has 0 radical (unpaired) electrons. The normalized spacial score (nSPS) is 21.0. The zero-order valence-electron chi connectivity index (χ0n) is 14.3. The van der Waals surface area contributed by atoms with Crippen molar-refractivity contribution < 1.29 is 17.9 Å². The predicted molar refractivity (Wildman–Crippen MR) is 91.2 cm³/mol. The van der Waals surface area contributed by atoms with Crippen LogP contribution in [0.4, 0.5) is 0 Å². The Balaban J connectivity index is 1.75. The third-order valence-corrected chi connectivity index (χ3v) is 6.01. The summed E-state index contributed by atoms with van der Waals surface area (Å²) in [5, 5.41) is 7.66. The van der Waals surface area contributed by atoms with Gasteiger partial charge in [0.1, 0.15) is 12.7 Å². The third kappa shape index (κ3) is 3.93. The molecule has 1 saturated carbocycles. The lowest BCUT2D eigenvalue weighted by Crippen LogP contribution is -2.38. The summed E-state index contributed by atoms with van der Waals surface area (Å²) in [5.41, 5.74) is 0. The summed E-state index contributed by atoms with van der Waals surface area (Å²) in [6.45, 7) is 0. The molecule has 0 bridgehead atoms. The molecule has 8 nitrogen and oxygen atoms in total. The molecule has 25 heavy (non-hydrogen) atoms. The Hall–Kier alpha value is -2.13. The summed E-state index contributed by atoms with van der Waals surface area (Å²) >= 11 is 0. The van der Waals surface area contributed by atoms with Crippen molar-refractivity contribution in [2.24, 2.45) is 0 Å². The molecule has 2 atom stereocenters. The van der Waals surface area contributed by atoms with Gasteiger partial charge in [-0.25, -0.2) is 13.1 Å². The molecule has 1 aromatic heterocycles. The predicted octanol–water partition coefficient (Wildman–Crippen LogP) is 1.76. The lowest BCUT2D eigenvalue weighted by Gasteiger charge is -2.30. The Morgan fingerprint density at radius 1 is 1.12 bits per heavy atom. The lowest BCUT2D eigenvalue weighted by atomic mass is 9.91. The van der Waals surface area contributed by atoms with Crippen molar-refractivity contribution in [1.82, 2.24) is 19.5 Å². The number of methoxy groups -OCH3 is 2. The van der Waals surface area contributed by atoms with Gasteiger partial charge in [-0.1, -0.05) is 0 Å². The molecule has 0 spiro atoms. The molecule has 0 aliphatic heterocycles. The van der Waals surface area contributed by atoms with Crippen LogP contribution >= 0.6 is 0 Å². The van der Waals surface area contributed by atoms with E-state index < -0.39 is 10.0 Å². The number of aromatic nitrogens is 3. The number of nitrogens with zero attached hydrogens (tertiary/aromatic N) is 3. The van der Waals surface area contributed by atoms with Crippen molar-refractivity contribution in [3.63, 3.8) is 0 Å². The van der Waals surface area contributed by atoms with Gasteiger partial charge in [-0.3, -0.25) is 0 Å². The summed E-state index contributed by atoms with van der Waals surface area (Å²) in [5.74, 6) is 0.878. The zero-order chi connectivity index (χ0) is 17.9. The van der Waals surface area contributed by atoms with Crippen molar-refractivity contribution >= 4 is 10.0 Å². The first-order valence-electron chi connectivity index (χ1n) is 8.12. The second kappa shape index (κ2) is 7.40. The number of ether oxygens (including phenoxy) is 2.